The summed E-state index contributed by atoms with van der Waals surface area (Å²) in [5.74, 6) is 0.904. The van der Waals surface area contributed by atoms with Crippen molar-refractivity contribution in [3.63, 3.8) is 0 Å². The Morgan fingerprint density at radius 3 is 2.38 bits per heavy atom. The molecule has 48 heavy (non-hydrogen) atoms. The number of rotatable bonds is 10. The molecule has 1 aromatic rings. The fourth-order valence-electron chi connectivity index (χ4n) is 8.82. The predicted molar refractivity (Wildman–Crippen MR) is 184 cm³/mol. The normalized spacial score (nSPS) is 32.6. The zero-order chi connectivity index (χ0) is 35.7. The Morgan fingerprint density at radius 2 is 1.77 bits per heavy atom. The van der Waals surface area contributed by atoms with Crippen LogP contribution < -0.4 is 4.52 Å². The van der Waals surface area contributed by atoms with Gasteiger partial charge in [-0.15, -0.1) is 0 Å². The summed E-state index contributed by atoms with van der Waals surface area (Å²) in [6.45, 7) is 12.7. The maximum absolute atomic E-state index is 12.9. The van der Waals surface area contributed by atoms with Gasteiger partial charge in [-0.25, -0.2) is 4.98 Å². The maximum atomic E-state index is 12.9. The van der Waals surface area contributed by atoms with Gasteiger partial charge in [-0.05, 0) is 88.5 Å². The third kappa shape index (κ3) is 7.64. The summed E-state index contributed by atoms with van der Waals surface area (Å²) in [4.78, 5) is 44.7. The van der Waals surface area contributed by atoms with Gasteiger partial charge in [0, 0.05) is 48.2 Å². The Bertz CT molecular complexity index is 1460. The van der Waals surface area contributed by atoms with E-state index in [1.54, 1.807) is 12.1 Å². The summed E-state index contributed by atoms with van der Waals surface area (Å²) in [5, 5.41) is 22.8. The lowest BCUT2D eigenvalue weighted by atomic mass is 9.45. The number of aromatic nitrogens is 2. The van der Waals surface area contributed by atoms with Crippen molar-refractivity contribution in [3.8, 4) is 5.88 Å². The van der Waals surface area contributed by atoms with Crippen molar-refractivity contribution in [2.24, 2.45) is 28.6 Å². The molecule has 0 saturated heterocycles. The Morgan fingerprint density at radius 1 is 1.10 bits per heavy atom. The minimum Gasteiger partial charge on any atom is -0.458 e. The molecular weight excluding hydrogens is 655 g/mol. The van der Waals surface area contributed by atoms with E-state index in [2.05, 4.69) is 16.9 Å². The highest BCUT2D eigenvalue weighted by Gasteiger charge is 2.68. The first kappa shape index (κ1) is 38.7. The van der Waals surface area contributed by atoms with Gasteiger partial charge >= 0.3 is 12.7 Å². The van der Waals surface area contributed by atoms with E-state index in [1.165, 1.54) is 6.92 Å². The van der Waals surface area contributed by atoms with Crippen LogP contribution in [-0.2, 0) is 40.0 Å². The van der Waals surface area contributed by atoms with E-state index >= 15 is 0 Å². The molecule has 13 heteroatoms. The number of fused-ring (bicyclic) bond motifs is 5. The molecule has 0 bridgehead atoms. The molecule has 3 fully saturated rings. The van der Waals surface area contributed by atoms with Crippen LogP contribution in [0.15, 0.2) is 17.7 Å². The quantitative estimate of drug-likeness (QED) is 0.219. The van der Waals surface area contributed by atoms with Gasteiger partial charge in [0.2, 0.25) is 11.7 Å². The van der Waals surface area contributed by atoms with Crippen LogP contribution in [0.5, 0.6) is 5.88 Å². The van der Waals surface area contributed by atoms with E-state index in [1.807, 2.05) is 41.5 Å². The van der Waals surface area contributed by atoms with Gasteiger partial charge in [0.05, 0.1) is 19.3 Å². The summed E-state index contributed by atoms with van der Waals surface area (Å²) >= 11 is 5.32. The van der Waals surface area contributed by atoms with Gasteiger partial charge in [0.15, 0.2) is 12.4 Å². The number of allylic oxidation sites excluding steroid dienone is 1. The summed E-state index contributed by atoms with van der Waals surface area (Å²) in [6, 6.07) is 1.74. The lowest BCUT2D eigenvalue weighted by molar-refractivity contribution is -0.184. The number of nitrogens with zero attached hydrogens (tertiary/aromatic N) is 2. The van der Waals surface area contributed by atoms with Crippen LogP contribution >= 0.6 is 6.72 Å². The van der Waals surface area contributed by atoms with Gasteiger partial charge in [-0.2, -0.15) is 4.98 Å². The van der Waals surface area contributed by atoms with Crippen molar-refractivity contribution in [2.75, 3.05) is 19.8 Å². The van der Waals surface area contributed by atoms with Crippen LogP contribution in [0.25, 0.3) is 0 Å². The van der Waals surface area contributed by atoms with E-state index < -0.39 is 42.2 Å². The number of hydrogen-bond donors (Lipinski definition) is 2. The molecule has 4 aliphatic carbocycles. The Labute approximate surface area is 289 Å². The van der Waals surface area contributed by atoms with Gasteiger partial charge < -0.3 is 19.5 Å². The standard InChI is InChI=1S/C23H32O6.C12H21N2O3PS/c1-13(24)29-12-19(27)23(28)9-7-17-16-5-4-14-10-15(25)6-8-21(14,2)20(16)18(26)11-22(17,23)3;1-6-15-18(19,16-7-2)17-11-8-10(5)13-12(14-11)9(3)4/h10,16-18,20,26,28H,4-9,11-12H2,1-3H3;8-9H,6-7H2,1-5H3/t16-,17-,18-,20+,21-,22-,23-;/m0./s1. The van der Waals surface area contributed by atoms with Crippen LogP contribution in [-0.4, -0.2) is 69.2 Å². The Kier molecular flexibility index (Phi) is 12.1. The maximum Gasteiger partial charge on any atom is 0.381 e. The van der Waals surface area contributed by atoms with Crippen molar-refractivity contribution in [2.45, 2.75) is 118 Å². The molecule has 7 atom stereocenters. The second kappa shape index (κ2) is 15.0. The highest BCUT2D eigenvalue weighted by molar-refractivity contribution is 8.07. The van der Waals surface area contributed by atoms with Crippen molar-refractivity contribution in [1.29, 1.82) is 0 Å². The largest absolute Gasteiger partial charge is 0.458 e. The second-order valence-electron chi connectivity index (χ2n) is 14.4. The molecule has 11 nitrogen and oxygen atoms in total. The first-order chi connectivity index (χ1) is 22.4. The minimum atomic E-state index is -2.77. The Balaban J connectivity index is 0.000000239. The molecule has 0 radical (unpaired) electrons. The molecule has 268 valence electrons. The number of aliphatic hydroxyl groups excluding tert-OH is 1. The second-order valence-corrected chi connectivity index (χ2v) is 17.3. The van der Waals surface area contributed by atoms with Crippen molar-refractivity contribution < 1.29 is 42.9 Å². The van der Waals surface area contributed by atoms with E-state index in [0.29, 0.717) is 38.4 Å². The summed E-state index contributed by atoms with van der Waals surface area (Å²) in [6.07, 6.45) is 5.54. The Hall–Kier alpha value is -2.08. The number of esters is 1. The summed E-state index contributed by atoms with van der Waals surface area (Å²) < 4.78 is 21.4. The molecule has 5 rings (SSSR count). The fourth-order valence-corrected chi connectivity index (χ4v) is 10.8. The molecule has 4 aliphatic rings. The number of Topliss-reactive ketones (excluding diaryl/α,β-unsaturated/α-hetero) is 1. The van der Waals surface area contributed by atoms with Gasteiger partial charge in [-0.3, -0.25) is 23.4 Å². The first-order valence-electron chi connectivity index (χ1n) is 17.2. The molecule has 0 spiro atoms. The molecule has 1 heterocycles. The van der Waals surface area contributed by atoms with Crippen LogP contribution in [0.1, 0.15) is 111 Å². The van der Waals surface area contributed by atoms with Crippen molar-refractivity contribution in [1.82, 2.24) is 9.97 Å². The number of aryl methyl sites for hydroxylation is 1. The SMILES string of the molecule is CC(=O)OCC(=O)[C@@]1(O)CC[C@H]2[C@@H]3CCC4=CC(=O)CC[C@]4(C)[C@H]3[C@@H](O)C[C@@]21C.CCOP(=S)(OCC)Oc1cc(C)nc(C(C)C)n1. The predicted octanol–water partition coefficient (Wildman–Crippen LogP) is 5.94. The van der Waals surface area contributed by atoms with E-state index in [-0.39, 0.29) is 34.9 Å². The number of carbonyl (C=O) groups is 3. The minimum absolute atomic E-state index is 0.0413. The highest BCUT2D eigenvalue weighted by atomic mass is 32.5. The zero-order valence-corrected chi connectivity index (χ0v) is 31.3. The monoisotopic (exact) mass is 708 g/mol. The average molecular weight is 709 g/mol. The number of aliphatic hydroxyl groups is 2. The molecule has 1 aromatic heterocycles. The number of hydrogen-bond acceptors (Lipinski definition) is 12. The molecule has 2 N–H and O–H groups in total. The van der Waals surface area contributed by atoms with Gasteiger partial charge in [0.25, 0.3) is 0 Å². The summed E-state index contributed by atoms with van der Waals surface area (Å²) in [5.41, 5.74) is -0.522. The molecule has 0 unspecified atom stereocenters. The third-order valence-electron chi connectivity index (χ3n) is 11.1. The molecule has 0 amide bonds. The number of ketones is 2. The number of carbonyl (C=O) groups excluding carboxylic acids is 3. The van der Waals surface area contributed by atoms with E-state index in [9.17, 15) is 24.6 Å². The third-order valence-corrected chi connectivity index (χ3v) is 13.5. The molecular formula is C35H53N2O9PS. The highest BCUT2D eigenvalue weighted by Crippen LogP contribution is 2.67. The average Bonchev–Trinajstić information content (AvgIpc) is 3.26. The fraction of sp³-hybridized carbons (Fsp3) is 0.743. The summed E-state index contributed by atoms with van der Waals surface area (Å²) in [7, 11) is 0. The zero-order valence-electron chi connectivity index (χ0n) is 29.6. The van der Waals surface area contributed by atoms with E-state index in [0.717, 1.165) is 42.8 Å². The van der Waals surface area contributed by atoms with Crippen LogP contribution in [0.3, 0.4) is 0 Å². The van der Waals surface area contributed by atoms with Crippen molar-refractivity contribution >= 4 is 36.1 Å². The van der Waals surface area contributed by atoms with Gasteiger partial charge in [-0.1, -0.05) is 33.3 Å². The van der Waals surface area contributed by atoms with Gasteiger partial charge in [0.1, 0.15) is 11.4 Å². The molecule has 0 aliphatic heterocycles. The van der Waals surface area contributed by atoms with Crippen LogP contribution in [0.2, 0.25) is 0 Å². The molecule has 3 saturated carbocycles. The lowest BCUT2D eigenvalue weighted by Crippen LogP contribution is -2.62. The molecule has 0 aromatic carbocycles. The lowest BCUT2D eigenvalue weighted by Gasteiger charge is -2.60. The van der Waals surface area contributed by atoms with Crippen LogP contribution in [0, 0.1) is 35.5 Å². The van der Waals surface area contributed by atoms with Crippen molar-refractivity contribution in [3.05, 3.63) is 29.2 Å². The van der Waals surface area contributed by atoms with Crippen LogP contribution in [0.4, 0.5) is 0 Å². The van der Waals surface area contributed by atoms with E-state index in [4.69, 9.17) is 30.1 Å². The first-order valence-corrected chi connectivity index (χ1v) is 19.7. The number of ether oxygens (including phenoxy) is 1. The smallest absolute Gasteiger partial charge is 0.381 e. The topological polar surface area (TPSA) is 154 Å².